The molecule has 0 bridgehead atoms. The maximum Gasteiger partial charge on any atom is 0.522 e. The highest BCUT2D eigenvalue weighted by atomic mass is 35.5. The first-order valence-corrected chi connectivity index (χ1v) is 10.2. The molecule has 0 saturated carbocycles. The Morgan fingerprint density at radius 1 is 1.03 bits per heavy atom. The van der Waals surface area contributed by atoms with Gasteiger partial charge in [0.2, 0.25) is 5.43 Å². The van der Waals surface area contributed by atoms with Gasteiger partial charge < -0.3 is 14.8 Å². The molecule has 0 atom stereocenters. The quantitative estimate of drug-likeness (QED) is 0.442. The number of aliphatic hydroxyl groups is 1. The number of ether oxygens (including phenoxy) is 2. The van der Waals surface area contributed by atoms with E-state index in [1.54, 1.807) is 43.3 Å². The highest BCUT2D eigenvalue weighted by Gasteiger charge is 2.28. The lowest BCUT2D eigenvalue weighted by Gasteiger charge is -2.13. The highest BCUT2D eigenvalue weighted by molar-refractivity contribution is 6.31. The van der Waals surface area contributed by atoms with Crippen molar-refractivity contribution in [1.82, 2.24) is 4.98 Å². The van der Waals surface area contributed by atoms with Crippen molar-refractivity contribution in [1.29, 1.82) is 0 Å². The van der Waals surface area contributed by atoms with Gasteiger partial charge in [-0.1, -0.05) is 35.9 Å². The van der Waals surface area contributed by atoms with Crippen LogP contribution in [0.25, 0.3) is 11.1 Å². The molecule has 9 heteroatoms. The van der Waals surface area contributed by atoms with Crippen molar-refractivity contribution in [2.45, 2.75) is 32.7 Å². The zero-order valence-corrected chi connectivity index (χ0v) is 17.9. The van der Waals surface area contributed by atoms with Crippen LogP contribution in [0.15, 0.2) is 53.3 Å². The molecular weight excluding hydrogens is 447 g/mol. The summed E-state index contributed by atoms with van der Waals surface area (Å²) in [6.45, 7) is 1.13. The molecule has 2 aromatic carbocycles. The van der Waals surface area contributed by atoms with Crippen molar-refractivity contribution in [3.63, 3.8) is 0 Å². The third-order valence-electron chi connectivity index (χ3n) is 4.69. The predicted octanol–water partition coefficient (Wildman–Crippen LogP) is 5.76. The van der Waals surface area contributed by atoms with E-state index in [2.05, 4.69) is 9.72 Å². The van der Waals surface area contributed by atoms with E-state index in [9.17, 15) is 18.0 Å². The van der Waals surface area contributed by atoms with Gasteiger partial charge in [-0.3, -0.25) is 9.53 Å². The summed E-state index contributed by atoms with van der Waals surface area (Å²) >= 11 is 6.15. The minimum Gasteiger partial charge on any atom is -0.457 e. The van der Waals surface area contributed by atoms with Gasteiger partial charge in [0.05, 0.1) is 12.2 Å². The van der Waals surface area contributed by atoms with Crippen LogP contribution in [-0.4, -0.2) is 23.1 Å². The molecule has 3 aromatic rings. The second-order valence-corrected chi connectivity index (χ2v) is 7.46. The van der Waals surface area contributed by atoms with Crippen molar-refractivity contribution in [2.24, 2.45) is 0 Å². The Morgan fingerprint density at radius 3 is 2.19 bits per heavy atom. The lowest BCUT2D eigenvalue weighted by molar-refractivity contribution is -0.330. The highest BCUT2D eigenvalue weighted by Crippen LogP contribution is 2.28. The summed E-state index contributed by atoms with van der Waals surface area (Å²) < 4.78 is 45.9. The Bertz CT molecular complexity index is 1110. The second kappa shape index (κ2) is 10.2. The average Bonchev–Trinajstić information content (AvgIpc) is 2.76. The van der Waals surface area contributed by atoms with Gasteiger partial charge >= 0.3 is 6.36 Å². The number of aromatic nitrogens is 1. The summed E-state index contributed by atoms with van der Waals surface area (Å²) in [7, 11) is 0. The van der Waals surface area contributed by atoms with E-state index in [0.717, 1.165) is 0 Å². The molecule has 1 heterocycles. The topological polar surface area (TPSA) is 71.6 Å². The maximum atomic E-state index is 12.8. The van der Waals surface area contributed by atoms with E-state index < -0.39 is 13.0 Å². The third-order valence-corrected chi connectivity index (χ3v) is 5.14. The zero-order valence-electron chi connectivity index (χ0n) is 17.1. The van der Waals surface area contributed by atoms with E-state index in [0.29, 0.717) is 52.4 Å². The molecule has 0 amide bonds. The molecule has 0 aliphatic rings. The summed E-state index contributed by atoms with van der Waals surface area (Å²) in [6.07, 6.45) is -3.70. The van der Waals surface area contributed by atoms with Crippen LogP contribution in [0.2, 0.25) is 5.02 Å². The van der Waals surface area contributed by atoms with Crippen LogP contribution in [0.3, 0.4) is 0 Å². The molecule has 5 nitrogen and oxygen atoms in total. The Morgan fingerprint density at radius 2 is 1.62 bits per heavy atom. The first-order chi connectivity index (χ1) is 15.2. The molecule has 0 fully saturated rings. The molecule has 2 N–H and O–H groups in total. The minimum absolute atomic E-state index is 0.00293. The maximum absolute atomic E-state index is 12.8. The van der Waals surface area contributed by atoms with Crippen molar-refractivity contribution >= 4 is 11.6 Å². The number of hydrogen-bond acceptors (Lipinski definition) is 4. The SMILES string of the molecule is Cc1[nH]c(CCCO)c(-c2ccc(Oc3ccc(COC(F)(F)F)cc3)cc2)c(=O)c1Cl. The van der Waals surface area contributed by atoms with Gasteiger partial charge in [-0.25, -0.2) is 0 Å². The predicted molar refractivity (Wildman–Crippen MR) is 115 cm³/mol. The van der Waals surface area contributed by atoms with Crippen molar-refractivity contribution in [2.75, 3.05) is 6.61 Å². The molecular formula is C23H21ClF3NO4. The Hall–Kier alpha value is -2.81. The number of alkyl halides is 3. The minimum atomic E-state index is -4.68. The molecule has 0 spiro atoms. The third kappa shape index (κ3) is 6.12. The van der Waals surface area contributed by atoms with Crippen LogP contribution in [-0.2, 0) is 17.8 Å². The molecule has 3 rings (SSSR count). The van der Waals surface area contributed by atoms with Crippen LogP contribution in [0.1, 0.15) is 23.4 Å². The first kappa shape index (κ1) is 23.8. The molecule has 1 aromatic heterocycles. The fourth-order valence-corrected chi connectivity index (χ4v) is 3.30. The van der Waals surface area contributed by atoms with E-state index in [1.165, 1.54) is 12.1 Å². The van der Waals surface area contributed by atoms with Crippen molar-refractivity contribution in [3.8, 4) is 22.6 Å². The van der Waals surface area contributed by atoms with Crippen LogP contribution in [0, 0.1) is 6.92 Å². The Labute approximate surface area is 187 Å². The van der Waals surface area contributed by atoms with Crippen LogP contribution in [0.4, 0.5) is 13.2 Å². The van der Waals surface area contributed by atoms with Gasteiger partial charge in [0, 0.05) is 18.0 Å². The zero-order chi connectivity index (χ0) is 23.3. The van der Waals surface area contributed by atoms with Gasteiger partial charge in [-0.05, 0) is 55.2 Å². The number of hydrogen-bond donors (Lipinski definition) is 2. The largest absolute Gasteiger partial charge is 0.522 e. The number of nitrogens with one attached hydrogen (secondary N) is 1. The number of aromatic amines is 1. The first-order valence-electron chi connectivity index (χ1n) is 9.78. The van der Waals surface area contributed by atoms with Gasteiger partial charge in [0.15, 0.2) is 0 Å². The standard InChI is InChI=1S/C23H21ClF3NO4/c1-14-21(24)22(30)20(19(28-14)3-2-12-29)16-6-10-18(11-7-16)32-17-8-4-15(5-9-17)13-31-23(25,26)27/h4-11,29H,2-3,12-13H2,1H3,(H,28,30). The summed E-state index contributed by atoms with van der Waals surface area (Å²) in [5.41, 5.74) is 2.41. The fourth-order valence-electron chi connectivity index (χ4n) is 3.15. The van der Waals surface area contributed by atoms with Gasteiger partial charge in [0.25, 0.3) is 0 Å². The summed E-state index contributed by atoms with van der Waals surface area (Å²) in [4.78, 5) is 15.9. The molecule has 0 saturated heterocycles. The summed E-state index contributed by atoms with van der Waals surface area (Å²) in [5.74, 6) is 0.924. The molecule has 0 aliphatic carbocycles. The number of pyridine rings is 1. The number of aryl methyl sites for hydroxylation is 2. The van der Waals surface area contributed by atoms with Gasteiger partial charge in [0.1, 0.15) is 16.5 Å². The van der Waals surface area contributed by atoms with E-state index >= 15 is 0 Å². The number of halogens is 4. The normalized spacial score (nSPS) is 11.6. The number of benzene rings is 2. The smallest absolute Gasteiger partial charge is 0.457 e. The average molecular weight is 468 g/mol. The number of aliphatic hydroxyl groups excluding tert-OH is 1. The lowest BCUT2D eigenvalue weighted by atomic mass is 10.00. The summed E-state index contributed by atoms with van der Waals surface area (Å²) in [6, 6.07) is 12.9. The monoisotopic (exact) mass is 467 g/mol. The van der Waals surface area contributed by atoms with Crippen LogP contribution in [0.5, 0.6) is 11.5 Å². The molecule has 0 unspecified atom stereocenters. The number of H-pyrrole nitrogens is 1. The van der Waals surface area contributed by atoms with Crippen molar-refractivity contribution in [3.05, 3.63) is 80.7 Å². The van der Waals surface area contributed by atoms with Crippen molar-refractivity contribution < 1.29 is 27.8 Å². The molecule has 170 valence electrons. The van der Waals surface area contributed by atoms with E-state index in [1.807, 2.05) is 0 Å². The Kier molecular flexibility index (Phi) is 7.60. The van der Waals surface area contributed by atoms with E-state index in [-0.39, 0.29) is 17.1 Å². The number of rotatable bonds is 8. The lowest BCUT2D eigenvalue weighted by Crippen LogP contribution is -2.14. The van der Waals surface area contributed by atoms with Crippen LogP contribution < -0.4 is 10.2 Å². The van der Waals surface area contributed by atoms with Crippen LogP contribution >= 0.6 is 11.6 Å². The summed E-state index contributed by atoms with van der Waals surface area (Å²) in [5, 5.41) is 9.26. The Balaban J connectivity index is 1.77. The van der Waals surface area contributed by atoms with Gasteiger partial charge in [-0.2, -0.15) is 0 Å². The molecule has 0 aliphatic heterocycles. The molecule has 0 radical (unpaired) electrons. The van der Waals surface area contributed by atoms with Gasteiger partial charge in [-0.15, -0.1) is 13.2 Å². The molecule has 32 heavy (non-hydrogen) atoms. The fraction of sp³-hybridized carbons (Fsp3) is 0.261. The second-order valence-electron chi connectivity index (χ2n) is 7.08. The van der Waals surface area contributed by atoms with E-state index in [4.69, 9.17) is 21.4 Å².